The molecule has 7 heteroatoms. The number of hydrogen-bond acceptors (Lipinski definition) is 5. The monoisotopic (exact) mass is 263 g/mol. The summed E-state index contributed by atoms with van der Waals surface area (Å²) < 4.78 is 1.62. The van der Waals surface area contributed by atoms with Gasteiger partial charge in [-0.2, -0.15) is 5.10 Å². The number of aromatic nitrogens is 4. The molecule has 18 heavy (non-hydrogen) atoms. The van der Waals surface area contributed by atoms with Crippen LogP contribution in [0.1, 0.15) is 16.2 Å². The molecule has 0 aliphatic heterocycles. The fourth-order valence-electron chi connectivity index (χ4n) is 1.41. The van der Waals surface area contributed by atoms with E-state index in [2.05, 4.69) is 20.4 Å². The van der Waals surface area contributed by atoms with Gasteiger partial charge in [0, 0.05) is 25.0 Å². The first-order chi connectivity index (χ1) is 8.58. The molecule has 0 aromatic carbocycles. The largest absolute Gasteiger partial charge is 0.304 e. The maximum Gasteiger partial charge on any atom is 0.275 e. The van der Waals surface area contributed by atoms with Crippen molar-refractivity contribution in [2.75, 3.05) is 11.6 Å². The summed E-state index contributed by atoms with van der Waals surface area (Å²) in [5.41, 5.74) is 1.11. The van der Waals surface area contributed by atoms with Crippen LogP contribution in [-0.4, -0.2) is 31.9 Å². The van der Waals surface area contributed by atoms with Crippen LogP contribution in [0.25, 0.3) is 0 Å². The zero-order valence-corrected chi connectivity index (χ0v) is 11.2. The zero-order valence-electron chi connectivity index (χ0n) is 10.3. The average molecular weight is 263 g/mol. The van der Waals surface area contributed by atoms with E-state index < -0.39 is 0 Å². The third kappa shape index (κ3) is 2.86. The van der Waals surface area contributed by atoms with E-state index in [4.69, 9.17) is 0 Å². The highest BCUT2D eigenvalue weighted by Gasteiger charge is 2.11. The van der Waals surface area contributed by atoms with Gasteiger partial charge in [-0.3, -0.25) is 9.48 Å². The minimum absolute atomic E-state index is 0.283. The predicted octanol–water partition coefficient (Wildman–Crippen LogP) is 1.49. The third-order valence-corrected chi connectivity index (χ3v) is 2.75. The smallest absolute Gasteiger partial charge is 0.275 e. The number of nitrogens with zero attached hydrogens (tertiary/aromatic N) is 4. The van der Waals surface area contributed by atoms with E-state index in [0.717, 1.165) is 5.69 Å². The molecule has 2 rings (SSSR count). The summed E-state index contributed by atoms with van der Waals surface area (Å²) in [7, 11) is 1.79. The highest BCUT2D eigenvalue weighted by molar-refractivity contribution is 7.98. The van der Waals surface area contributed by atoms with Crippen LogP contribution in [0.3, 0.4) is 0 Å². The molecular formula is C11H13N5OS. The number of aryl methyl sites for hydroxylation is 2. The van der Waals surface area contributed by atoms with Crippen LogP contribution in [0, 0.1) is 6.92 Å². The Labute approximate surface area is 109 Å². The molecule has 1 amide bonds. The Morgan fingerprint density at radius 3 is 2.83 bits per heavy atom. The van der Waals surface area contributed by atoms with Gasteiger partial charge in [-0.1, -0.05) is 11.8 Å². The Morgan fingerprint density at radius 2 is 2.22 bits per heavy atom. The molecule has 2 heterocycles. The molecule has 0 spiro atoms. The number of carbonyl (C=O) groups is 1. The summed E-state index contributed by atoms with van der Waals surface area (Å²) in [5.74, 6) is 0.221. The van der Waals surface area contributed by atoms with Crippen molar-refractivity contribution in [2.45, 2.75) is 12.1 Å². The van der Waals surface area contributed by atoms with Gasteiger partial charge in [0.2, 0.25) is 0 Å². The highest BCUT2D eigenvalue weighted by atomic mass is 32.2. The Hall–Kier alpha value is -1.89. The van der Waals surface area contributed by atoms with Crippen LogP contribution in [0.15, 0.2) is 23.5 Å². The molecule has 1 N–H and O–H groups in total. The summed E-state index contributed by atoms with van der Waals surface area (Å²) in [6.07, 6.45) is 3.63. The number of carbonyl (C=O) groups excluding carboxylic acids is 1. The van der Waals surface area contributed by atoms with Crippen LogP contribution in [0.2, 0.25) is 0 Å². The minimum Gasteiger partial charge on any atom is -0.304 e. The lowest BCUT2D eigenvalue weighted by Crippen LogP contribution is -2.15. The molecule has 0 radical (unpaired) electrons. The first kappa shape index (κ1) is 12.6. The molecule has 0 aliphatic carbocycles. The van der Waals surface area contributed by atoms with Gasteiger partial charge in [0.15, 0.2) is 11.0 Å². The van der Waals surface area contributed by atoms with Gasteiger partial charge in [-0.25, -0.2) is 9.97 Å². The molecule has 0 saturated heterocycles. The van der Waals surface area contributed by atoms with Crippen LogP contribution >= 0.6 is 11.8 Å². The molecule has 0 bridgehead atoms. The van der Waals surface area contributed by atoms with E-state index in [1.807, 2.05) is 13.2 Å². The van der Waals surface area contributed by atoms with Crippen LogP contribution in [-0.2, 0) is 7.05 Å². The summed E-state index contributed by atoms with van der Waals surface area (Å²) in [4.78, 5) is 20.3. The van der Waals surface area contributed by atoms with E-state index in [9.17, 15) is 4.79 Å². The fourth-order valence-corrected chi connectivity index (χ4v) is 1.84. The quantitative estimate of drug-likeness (QED) is 0.671. The normalized spacial score (nSPS) is 10.4. The molecular weight excluding hydrogens is 250 g/mol. The molecule has 6 nitrogen and oxygen atoms in total. The van der Waals surface area contributed by atoms with Gasteiger partial charge in [0.05, 0.1) is 0 Å². The van der Waals surface area contributed by atoms with E-state index in [1.54, 1.807) is 30.1 Å². The van der Waals surface area contributed by atoms with Crippen molar-refractivity contribution in [3.8, 4) is 0 Å². The van der Waals surface area contributed by atoms with Gasteiger partial charge >= 0.3 is 0 Å². The molecule has 2 aromatic heterocycles. The first-order valence-electron chi connectivity index (χ1n) is 5.29. The first-order valence-corrected chi connectivity index (χ1v) is 6.51. The average Bonchev–Trinajstić information content (AvgIpc) is 2.73. The number of anilines is 1. The topological polar surface area (TPSA) is 72.7 Å². The Morgan fingerprint density at radius 1 is 1.44 bits per heavy atom. The Balaban J connectivity index is 2.20. The van der Waals surface area contributed by atoms with Crippen molar-refractivity contribution in [3.05, 3.63) is 29.7 Å². The van der Waals surface area contributed by atoms with E-state index in [0.29, 0.717) is 16.7 Å². The second-order valence-corrected chi connectivity index (χ2v) is 4.48. The minimum atomic E-state index is -0.283. The summed E-state index contributed by atoms with van der Waals surface area (Å²) in [6, 6.07) is 3.37. The molecule has 2 aromatic rings. The van der Waals surface area contributed by atoms with Gasteiger partial charge in [0.1, 0.15) is 5.69 Å². The molecule has 0 aliphatic rings. The number of rotatable bonds is 3. The van der Waals surface area contributed by atoms with Gasteiger partial charge in [-0.15, -0.1) is 0 Å². The zero-order chi connectivity index (χ0) is 13.1. The lowest BCUT2D eigenvalue weighted by atomic mass is 10.3. The Kier molecular flexibility index (Phi) is 3.61. The maximum absolute atomic E-state index is 12.0. The lowest BCUT2D eigenvalue weighted by molar-refractivity contribution is 0.102. The van der Waals surface area contributed by atoms with Gasteiger partial charge in [-0.05, 0) is 19.2 Å². The summed E-state index contributed by atoms with van der Waals surface area (Å²) in [5, 5.41) is 7.35. The van der Waals surface area contributed by atoms with Crippen LogP contribution in [0.5, 0.6) is 0 Å². The summed E-state index contributed by atoms with van der Waals surface area (Å²) >= 11 is 1.40. The fraction of sp³-hybridized carbons (Fsp3) is 0.273. The number of amides is 1. The molecule has 0 atom stereocenters. The van der Waals surface area contributed by atoms with Crippen molar-refractivity contribution in [1.82, 2.24) is 19.7 Å². The van der Waals surface area contributed by atoms with Gasteiger partial charge in [0.25, 0.3) is 5.91 Å². The highest BCUT2D eigenvalue weighted by Crippen LogP contribution is 2.11. The molecule has 0 fully saturated rings. The summed E-state index contributed by atoms with van der Waals surface area (Å²) in [6.45, 7) is 1.83. The Bertz CT molecular complexity index is 581. The molecule has 0 saturated carbocycles. The van der Waals surface area contributed by atoms with Crippen molar-refractivity contribution in [2.24, 2.45) is 7.05 Å². The van der Waals surface area contributed by atoms with Crippen LogP contribution < -0.4 is 5.32 Å². The maximum atomic E-state index is 12.0. The number of hydrogen-bond donors (Lipinski definition) is 1. The second-order valence-electron chi connectivity index (χ2n) is 3.71. The van der Waals surface area contributed by atoms with E-state index in [1.165, 1.54) is 11.8 Å². The van der Waals surface area contributed by atoms with Crippen molar-refractivity contribution < 1.29 is 4.79 Å². The standard InChI is InChI=1S/C11H13N5OS/c1-7-6-8(13-11(12-7)18-3)10(17)14-9-4-5-16(2)15-9/h4-6H,1-3H3,(H,14,15,17). The van der Waals surface area contributed by atoms with Crippen molar-refractivity contribution in [3.63, 3.8) is 0 Å². The third-order valence-electron chi connectivity index (χ3n) is 2.20. The van der Waals surface area contributed by atoms with Crippen molar-refractivity contribution >= 4 is 23.5 Å². The number of thioether (sulfide) groups is 1. The van der Waals surface area contributed by atoms with Crippen LogP contribution in [0.4, 0.5) is 5.82 Å². The van der Waals surface area contributed by atoms with E-state index >= 15 is 0 Å². The SMILES string of the molecule is CSc1nc(C)cc(C(=O)Nc2ccn(C)n2)n1. The lowest BCUT2D eigenvalue weighted by Gasteiger charge is -2.04. The van der Waals surface area contributed by atoms with E-state index in [-0.39, 0.29) is 5.91 Å². The number of nitrogens with one attached hydrogen (secondary N) is 1. The predicted molar refractivity (Wildman–Crippen MR) is 69.7 cm³/mol. The molecule has 0 unspecified atom stereocenters. The molecule has 94 valence electrons. The van der Waals surface area contributed by atoms with Crippen molar-refractivity contribution in [1.29, 1.82) is 0 Å². The van der Waals surface area contributed by atoms with Gasteiger partial charge < -0.3 is 5.32 Å². The second kappa shape index (κ2) is 5.18.